The summed E-state index contributed by atoms with van der Waals surface area (Å²) < 4.78 is 5.72. The molecular weight excluding hydrogens is 268 g/mol. The van der Waals surface area contributed by atoms with Crippen molar-refractivity contribution >= 4 is 5.84 Å². The lowest BCUT2D eigenvalue weighted by Crippen LogP contribution is -2.15. The number of nitrogens with zero attached hydrogens (tertiary/aromatic N) is 3. The number of hydrogen-bond donors (Lipinski definition) is 2. The molecule has 0 aliphatic carbocycles. The molecule has 0 saturated carbocycles. The minimum Gasteiger partial charge on any atom is -0.437 e. The van der Waals surface area contributed by atoms with Crippen molar-refractivity contribution in [2.45, 2.75) is 26.2 Å². The maximum absolute atomic E-state index is 8.79. The molecule has 6 nitrogen and oxygen atoms in total. The van der Waals surface area contributed by atoms with E-state index < -0.39 is 0 Å². The Morgan fingerprint density at radius 1 is 1.29 bits per heavy atom. The topological polar surface area (TPSA) is 93.6 Å². The van der Waals surface area contributed by atoms with Crippen LogP contribution in [0.4, 0.5) is 0 Å². The van der Waals surface area contributed by atoms with Crippen molar-refractivity contribution in [3.05, 3.63) is 47.7 Å². The number of aromatic nitrogens is 2. The Balaban J connectivity index is 2.35. The highest BCUT2D eigenvalue weighted by molar-refractivity contribution is 5.98. The average Bonchev–Trinajstić information content (AvgIpc) is 2.46. The van der Waals surface area contributed by atoms with E-state index in [0.717, 1.165) is 5.56 Å². The van der Waals surface area contributed by atoms with Gasteiger partial charge in [0.2, 0.25) is 5.88 Å². The summed E-state index contributed by atoms with van der Waals surface area (Å²) in [6.45, 7) is 6.36. The molecule has 0 radical (unpaired) electrons. The average molecular weight is 286 g/mol. The second-order valence-corrected chi connectivity index (χ2v) is 5.62. The van der Waals surface area contributed by atoms with Gasteiger partial charge < -0.3 is 15.7 Å². The predicted octanol–water partition coefficient (Wildman–Crippen LogP) is 2.66. The third-order valence-electron chi connectivity index (χ3n) is 2.99. The van der Waals surface area contributed by atoms with Gasteiger partial charge in [0.15, 0.2) is 5.84 Å². The standard InChI is InChI=1S/C15H18N4O2/c1-15(2,3)10-5-4-6-11(9-10)21-14-12(13(16)19-20)7-8-17-18-14/h4-9,20H,1-3H3,(H2,16,19). The minimum absolute atomic E-state index is 0.0101. The zero-order valence-electron chi connectivity index (χ0n) is 12.2. The summed E-state index contributed by atoms with van der Waals surface area (Å²) in [5, 5.41) is 19.4. The molecule has 0 unspecified atom stereocenters. The Labute approximate surface area is 123 Å². The van der Waals surface area contributed by atoms with Crippen LogP contribution in [-0.4, -0.2) is 21.2 Å². The van der Waals surface area contributed by atoms with Crippen molar-refractivity contribution in [2.75, 3.05) is 0 Å². The van der Waals surface area contributed by atoms with Gasteiger partial charge in [-0.25, -0.2) is 0 Å². The van der Waals surface area contributed by atoms with Crippen LogP contribution in [0.15, 0.2) is 41.7 Å². The molecule has 1 aromatic heterocycles. The van der Waals surface area contributed by atoms with Crippen LogP contribution < -0.4 is 10.5 Å². The van der Waals surface area contributed by atoms with Crippen molar-refractivity contribution in [3.8, 4) is 11.6 Å². The Bertz CT molecular complexity index is 663. The van der Waals surface area contributed by atoms with Crippen LogP contribution in [0.1, 0.15) is 31.9 Å². The van der Waals surface area contributed by atoms with Crippen LogP contribution >= 0.6 is 0 Å². The molecule has 2 aromatic rings. The molecule has 0 atom stereocenters. The Morgan fingerprint density at radius 3 is 2.71 bits per heavy atom. The van der Waals surface area contributed by atoms with Gasteiger partial charge in [-0.2, -0.15) is 5.10 Å². The molecule has 0 aliphatic heterocycles. The SMILES string of the molecule is CC(C)(C)c1cccc(Oc2nnccc2/C(N)=N/O)c1. The van der Waals surface area contributed by atoms with Crippen molar-refractivity contribution < 1.29 is 9.94 Å². The van der Waals surface area contributed by atoms with Crippen molar-refractivity contribution in [1.29, 1.82) is 0 Å². The Hall–Kier alpha value is -2.63. The van der Waals surface area contributed by atoms with Crippen LogP contribution in [0.5, 0.6) is 11.6 Å². The van der Waals surface area contributed by atoms with E-state index in [1.165, 1.54) is 6.20 Å². The molecule has 0 spiro atoms. The van der Waals surface area contributed by atoms with Crippen LogP contribution in [-0.2, 0) is 5.41 Å². The highest BCUT2D eigenvalue weighted by Gasteiger charge is 2.15. The molecule has 3 N–H and O–H groups in total. The van der Waals surface area contributed by atoms with Crippen LogP contribution in [0.2, 0.25) is 0 Å². The fourth-order valence-electron chi connectivity index (χ4n) is 1.78. The molecular formula is C15H18N4O2. The monoisotopic (exact) mass is 286 g/mol. The lowest BCUT2D eigenvalue weighted by molar-refractivity contribution is 0.318. The van der Waals surface area contributed by atoms with Gasteiger partial charge in [-0.3, -0.25) is 0 Å². The number of ether oxygens (including phenoxy) is 1. The van der Waals surface area contributed by atoms with Gasteiger partial charge in [-0.15, -0.1) is 5.10 Å². The highest BCUT2D eigenvalue weighted by Crippen LogP contribution is 2.28. The molecule has 0 saturated heterocycles. The number of rotatable bonds is 3. The highest BCUT2D eigenvalue weighted by atomic mass is 16.5. The number of benzene rings is 1. The predicted molar refractivity (Wildman–Crippen MR) is 79.8 cm³/mol. The minimum atomic E-state index is -0.0770. The third-order valence-corrected chi connectivity index (χ3v) is 2.99. The first-order valence-corrected chi connectivity index (χ1v) is 6.50. The van der Waals surface area contributed by atoms with Gasteiger partial charge in [-0.1, -0.05) is 38.1 Å². The Kier molecular flexibility index (Phi) is 4.07. The summed E-state index contributed by atoms with van der Waals surface area (Å²) in [5.41, 5.74) is 7.13. The number of nitrogens with two attached hydrogens (primary N) is 1. The maximum Gasteiger partial charge on any atom is 0.250 e. The second kappa shape index (κ2) is 5.78. The zero-order chi connectivity index (χ0) is 15.5. The first-order chi connectivity index (χ1) is 9.91. The molecule has 6 heteroatoms. The summed E-state index contributed by atoms with van der Waals surface area (Å²) in [5.74, 6) is 0.737. The first kappa shape index (κ1) is 14.8. The number of amidine groups is 1. The van der Waals surface area contributed by atoms with Gasteiger partial charge >= 0.3 is 0 Å². The van der Waals surface area contributed by atoms with Crippen molar-refractivity contribution in [1.82, 2.24) is 10.2 Å². The van der Waals surface area contributed by atoms with E-state index in [9.17, 15) is 0 Å². The molecule has 110 valence electrons. The van der Waals surface area contributed by atoms with E-state index in [2.05, 4.69) is 36.1 Å². The quantitative estimate of drug-likeness (QED) is 0.391. The summed E-state index contributed by atoms with van der Waals surface area (Å²) in [6.07, 6.45) is 1.45. The van der Waals surface area contributed by atoms with Gasteiger partial charge in [0.05, 0.1) is 11.8 Å². The lowest BCUT2D eigenvalue weighted by Gasteiger charge is -2.19. The van der Waals surface area contributed by atoms with Gasteiger partial charge in [0, 0.05) is 0 Å². The molecule has 0 amide bonds. The molecule has 2 rings (SSSR count). The fourth-order valence-corrected chi connectivity index (χ4v) is 1.78. The Morgan fingerprint density at radius 2 is 2.05 bits per heavy atom. The smallest absolute Gasteiger partial charge is 0.250 e. The molecule has 0 bridgehead atoms. The van der Waals surface area contributed by atoms with Crippen LogP contribution in [0.3, 0.4) is 0 Å². The van der Waals surface area contributed by atoms with E-state index in [4.69, 9.17) is 15.7 Å². The third kappa shape index (κ3) is 3.47. The summed E-state index contributed by atoms with van der Waals surface area (Å²) in [6, 6.07) is 9.28. The van der Waals surface area contributed by atoms with Gasteiger partial charge in [-0.05, 0) is 29.2 Å². The van der Waals surface area contributed by atoms with Crippen molar-refractivity contribution in [2.24, 2.45) is 10.9 Å². The largest absolute Gasteiger partial charge is 0.437 e. The van der Waals surface area contributed by atoms with Crippen molar-refractivity contribution in [3.63, 3.8) is 0 Å². The zero-order valence-corrected chi connectivity index (χ0v) is 12.2. The van der Waals surface area contributed by atoms with Gasteiger partial charge in [0.25, 0.3) is 0 Å². The molecule has 0 fully saturated rings. The fraction of sp³-hybridized carbons (Fsp3) is 0.267. The summed E-state index contributed by atoms with van der Waals surface area (Å²) in [4.78, 5) is 0. The second-order valence-electron chi connectivity index (χ2n) is 5.62. The van der Waals surface area contributed by atoms with E-state index in [-0.39, 0.29) is 17.1 Å². The first-order valence-electron chi connectivity index (χ1n) is 6.50. The number of oxime groups is 1. The summed E-state index contributed by atoms with van der Waals surface area (Å²) in [7, 11) is 0. The van der Waals surface area contributed by atoms with E-state index in [1.54, 1.807) is 6.07 Å². The lowest BCUT2D eigenvalue weighted by atomic mass is 9.87. The normalized spacial score (nSPS) is 12.2. The van der Waals surface area contributed by atoms with E-state index in [0.29, 0.717) is 11.3 Å². The van der Waals surface area contributed by atoms with E-state index in [1.807, 2.05) is 24.3 Å². The summed E-state index contributed by atoms with van der Waals surface area (Å²) >= 11 is 0. The van der Waals surface area contributed by atoms with Crippen LogP contribution in [0, 0.1) is 0 Å². The molecule has 1 heterocycles. The molecule has 21 heavy (non-hydrogen) atoms. The maximum atomic E-state index is 8.79. The number of hydrogen-bond acceptors (Lipinski definition) is 5. The molecule has 1 aromatic carbocycles. The van der Waals surface area contributed by atoms with Crippen LogP contribution in [0.25, 0.3) is 0 Å². The molecule has 0 aliphatic rings. The van der Waals surface area contributed by atoms with E-state index >= 15 is 0 Å². The van der Waals surface area contributed by atoms with Gasteiger partial charge in [0.1, 0.15) is 5.75 Å².